The Labute approximate surface area is 172 Å². The van der Waals surface area contributed by atoms with Crippen molar-refractivity contribution < 1.29 is 17.2 Å². The number of aryl methyl sites for hydroxylation is 2. The van der Waals surface area contributed by atoms with Crippen molar-refractivity contribution in [3.63, 3.8) is 0 Å². The molecule has 0 aliphatic rings. The van der Waals surface area contributed by atoms with E-state index in [0.717, 1.165) is 5.69 Å². The summed E-state index contributed by atoms with van der Waals surface area (Å²) in [5, 5.41) is 0. The fourth-order valence-corrected chi connectivity index (χ4v) is 1.46. The first-order valence-corrected chi connectivity index (χ1v) is 20.5. The third kappa shape index (κ3) is 45.5. The largest absolute Gasteiger partial charge is 0.342 e. The van der Waals surface area contributed by atoms with Gasteiger partial charge in [0, 0.05) is 0 Å². The van der Waals surface area contributed by atoms with E-state index < -0.39 is 24.2 Å². The molecule has 0 bridgehead atoms. The van der Waals surface area contributed by atoms with E-state index in [0.29, 0.717) is 0 Å². The van der Waals surface area contributed by atoms with Crippen molar-refractivity contribution in [3.8, 4) is 0 Å². The minimum Gasteiger partial charge on any atom is -0.342 e. The zero-order valence-corrected chi connectivity index (χ0v) is 23.1. The summed E-state index contributed by atoms with van der Waals surface area (Å²) in [6.07, 6.45) is 0. The Bertz CT molecular complexity index is 414. The predicted molar refractivity (Wildman–Crippen MR) is 124 cm³/mol. The first-order chi connectivity index (χ1) is 10.8. The summed E-state index contributed by atoms with van der Waals surface area (Å²) in [5.74, 6) is 0. The van der Waals surface area contributed by atoms with Crippen molar-refractivity contribution in [1.82, 2.24) is 0 Å². The molecule has 0 aliphatic heterocycles. The fraction of sp³-hybridized carbons (Fsp3) is 0.550. The first-order valence-electron chi connectivity index (χ1n) is 8.73. The number of rotatable bonds is 1. The standard InChI is InChI=1S/C8H9N.3C4H11Si.V/c1-6-4-3-5-7(2)8(6)9;3*1-5(2,3)4;/h3-5H,1-2H3;3*1H2,2-4H3;/q;3*-1;. The van der Waals surface area contributed by atoms with Crippen molar-refractivity contribution in [1.29, 1.82) is 0 Å². The summed E-state index contributed by atoms with van der Waals surface area (Å²) in [6.45, 7) is 35.8. The number of hydrogen-bond donors (Lipinski definition) is 0. The van der Waals surface area contributed by atoms with Gasteiger partial charge in [-0.1, -0.05) is 58.9 Å². The van der Waals surface area contributed by atoms with Crippen molar-refractivity contribution in [3.05, 3.63) is 49.0 Å². The molecule has 0 saturated heterocycles. The molecule has 147 valence electrons. The van der Waals surface area contributed by atoms with Crippen LogP contribution < -0.4 is 0 Å². The molecule has 0 saturated carbocycles. The van der Waals surface area contributed by atoms with Crippen LogP contribution in [-0.4, -0.2) is 24.2 Å². The van der Waals surface area contributed by atoms with Gasteiger partial charge in [-0.15, -0.1) is 24.2 Å². The maximum Gasteiger partial charge on any atom is -0.0951 e. The third-order valence-electron chi connectivity index (χ3n) is 1.54. The van der Waals surface area contributed by atoms with Gasteiger partial charge in [-0.05, 0) is 0 Å². The van der Waals surface area contributed by atoms with E-state index in [4.69, 9.17) is 0 Å². The first kappa shape index (κ1) is 30.0. The van der Waals surface area contributed by atoms with Crippen LogP contribution in [0.2, 0.25) is 58.9 Å². The van der Waals surface area contributed by atoms with E-state index in [1.807, 2.05) is 6.07 Å². The van der Waals surface area contributed by atoms with Crippen molar-refractivity contribution in [2.75, 3.05) is 0 Å². The van der Waals surface area contributed by atoms with Crippen molar-refractivity contribution in [2.45, 2.75) is 72.8 Å². The van der Waals surface area contributed by atoms with Crippen LogP contribution in [-0.2, 0) is 17.2 Å². The maximum absolute atomic E-state index is 4.11. The molecule has 0 N–H and O–H groups in total. The second-order valence-electron chi connectivity index (χ2n) is 10.0. The van der Waals surface area contributed by atoms with Crippen LogP contribution in [0.15, 0.2) is 22.0 Å². The van der Waals surface area contributed by atoms with Crippen molar-refractivity contribution >= 4 is 29.9 Å². The molecule has 0 aliphatic carbocycles. The molecule has 1 aromatic rings. The van der Waals surface area contributed by atoms with Crippen molar-refractivity contribution in [2.24, 2.45) is 3.79 Å². The normalized spacial score (nSPS) is 10.9. The van der Waals surface area contributed by atoms with Gasteiger partial charge in [0.1, 0.15) is 0 Å². The summed E-state index contributed by atoms with van der Waals surface area (Å²) in [6, 6.07) is 6.19. The van der Waals surface area contributed by atoms with Gasteiger partial charge in [0.05, 0.1) is 0 Å². The summed E-state index contributed by atoms with van der Waals surface area (Å²) in [5.41, 5.74) is 3.57. The number of hydrogen-bond acceptors (Lipinski definition) is 1. The van der Waals surface area contributed by atoms with E-state index in [9.17, 15) is 0 Å². The SMILES string of the molecule is Cc1cccc(C)c1[N]=[V].[CH2-][Si](C)(C)C.[CH2-][Si](C)(C)C.[CH2-][Si](C)(C)C. The Morgan fingerprint density at radius 2 is 0.880 bits per heavy atom. The summed E-state index contributed by atoms with van der Waals surface area (Å²) in [4.78, 5) is 0. The molecule has 0 radical (unpaired) electrons. The molecule has 1 nitrogen and oxygen atoms in total. The van der Waals surface area contributed by atoms with Gasteiger partial charge in [0.15, 0.2) is 0 Å². The Morgan fingerprint density at radius 3 is 1.00 bits per heavy atom. The molecule has 1 rings (SSSR count). The Morgan fingerprint density at radius 1 is 0.680 bits per heavy atom. The molecule has 5 heteroatoms. The molecule has 0 aromatic heterocycles. The summed E-state index contributed by atoms with van der Waals surface area (Å²) in [7, 11) is -2.58. The van der Waals surface area contributed by atoms with Gasteiger partial charge < -0.3 is 19.6 Å². The number of nitrogens with zero attached hydrogens (tertiary/aromatic N) is 1. The average molecular weight is 432 g/mol. The van der Waals surface area contributed by atoms with Gasteiger partial charge in [0.25, 0.3) is 0 Å². The van der Waals surface area contributed by atoms with Crippen LogP contribution in [0, 0.1) is 33.5 Å². The Hall–Kier alpha value is 0.255. The molecule has 0 unspecified atom stereocenters. The monoisotopic (exact) mass is 431 g/mol. The molecule has 1 aromatic carbocycles. The second kappa shape index (κ2) is 13.4. The summed E-state index contributed by atoms with van der Waals surface area (Å²) < 4.78 is 4.11. The van der Waals surface area contributed by atoms with E-state index in [1.54, 1.807) is 0 Å². The molecular formula is C20H42NSi3V-3. The topological polar surface area (TPSA) is 12.4 Å². The van der Waals surface area contributed by atoms with Gasteiger partial charge in [-0.25, -0.2) is 0 Å². The molecular weight excluding hydrogens is 389 g/mol. The molecule has 0 amide bonds. The Kier molecular flexibility index (Phi) is 16.1. The van der Waals surface area contributed by atoms with Gasteiger partial charge in [-0.3, -0.25) is 0 Å². The predicted octanol–water partition coefficient (Wildman–Crippen LogP) is 7.76. The van der Waals surface area contributed by atoms with Gasteiger partial charge in [0.2, 0.25) is 0 Å². The Balaban J connectivity index is -0.000000279. The quantitative estimate of drug-likeness (QED) is 0.318. The number of benzene rings is 1. The third-order valence-corrected chi connectivity index (χ3v) is 1.85. The van der Waals surface area contributed by atoms with Crippen LogP contribution in [0.4, 0.5) is 5.69 Å². The second-order valence-corrected chi connectivity index (χ2v) is 25.7. The molecule has 0 fully saturated rings. The molecule has 0 atom stereocenters. The van der Waals surface area contributed by atoms with Crippen LogP contribution in [0.25, 0.3) is 0 Å². The van der Waals surface area contributed by atoms with E-state index >= 15 is 0 Å². The molecule has 0 spiro atoms. The van der Waals surface area contributed by atoms with Crippen LogP contribution in [0.3, 0.4) is 0 Å². The minimum absolute atomic E-state index is 0.861. The smallest absolute Gasteiger partial charge is 0.0951 e. The van der Waals surface area contributed by atoms with E-state index in [-0.39, 0.29) is 0 Å². The van der Waals surface area contributed by atoms with E-state index in [2.05, 4.69) is 126 Å². The van der Waals surface area contributed by atoms with E-state index in [1.165, 1.54) is 11.1 Å². The fourth-order valence-electron chi connectivity index (χ4n) is 0.963. The summed E-state index contributed by atoms with van der Waals surface area (Å²) >= 11 is 2.25. The molecule has 0 heterocycles. The minimum atomic E-state index is -0.861. The zero-order valence-electron chi connectivity index (χ0n) is 18.7. The average Bonchev–Trinajstić information content (AvgIpc) is 2.21. The molecule has 25 heavy (non-hydrogen) atoms. The zero-order chi connectivity index (χ0) is 21.1. The van der Waals surface area contributed by atoms with Crippen LogP contribution in [0.1, 0.15) is 11.1 Å². The van der Waals surface area contributed by atoms with Crippen LogP contribution >= 0.6 is 0 Å². The maximum atomic E-state index is 4.11. The van der Waals surface area contributed by atoms with Gasteiger partial charge >= 0.3 is 69.9 Å². The van der Waals surface area contributed by atoms with Crippen LogP contribution in [0.5, 0.6) is 0 Å². The van der Waals surface area contributed by atoms with Gasteiger partial charge in [-0.2, -0.15) is 0 Å².